The molecule has 0 spiro atoms. The number of hydrogen-bond donors (Lipinski definition) is 0. The van der Waals surface area contributed by atoms with Crippen LogP contribution in [0.15, 0.2) is 36.7 Å². The van der Waals surface area contributed by atoms with Crippen LogP contribution in [0.5, 0.6) is 0 Å². The number of aryl methyl sites for hydroxylation is 1. The summed E-state index contributed by atoms with van der Waals surface area (Å²) >= 11 is 0. The number of rotatable bonds is 3. The maximum Gasteiger partial charge on any atom is 0.227 e. The van der Waals surface area contributed by atoms with Crippen molar-refractivity contribution >= 4 is 11.7 Å². The Morgan fingerprint density at radius 3 is 2.58 bits per heavy atom. The Morgan fingerprint density at radius 1 is 1.17 bits per heavy atom. The second-order valence-electron chi connectivity index (χ2n) is 5.81. The lowest BCUT2D eigenvalue weighted by Gasteiger charge is -2.35. The fraction of sp³-hybridized carbons (Fsp3) is 0.333. The van der Waals surface area contributed by atoms with Crippen molar-refractivity contribution in [2.75, 3.05) is 31.1 Å². The van der Waals surface area contributed by atoms with Crippen LogP contribution in [0.4, 0.5) is 5.82 Å². The number of carbonyl (C=O) groups excluding carboxylic acids is 1. The Kier molecular flexibility index (Phi) is 4.71. The molecule has 1 saturated heterocycles. The zero-order chi connectivity index (χ0) is 16.9. The molecule has 0 radical (unpaired) electrons. The molecule has 0 unspecified atom stereocenters. The van der Waals surface area contributed by atoms with Gasteiger partial charge in [0.05, 0.1) is 6.42 Å². The molecular formula is C18H19N5O. The first-order valence-corrected chi connectivity index (χ1v) is 7.97. The molecule has 1 aromatic heterocycles. The number of nitriles is 1. The van der Waals surface area contributed by atoms with E-state index in [4.69, 9.17) is 5.26 Å². The highest BCUT2D eigenvalue weighted by molar-refractivity contribution is 5.79. The fourth-order valence-electron chi connectivity index (χ4n) is 2.89. The Bertz CT molecular complexity index is 775. The van der Waals surface area contributed by atoms with Gasteiger partial charge in [0.1, 0.15) is 6.07 Å². The van der Waals surface area contributed by atoms with Gasteiger partial charge in [0.2, 0.25) is 5.91 Å². The van der Waals surface area contributed by atoms with Crippen LogP contribution in [0.25, 0.3) is 0 Å². The van der Waals surface area contributed by atoms with Crippen LogP contribution in [-0.2, 0) is 11.2 Å². The van der Waals surface area contributed by atoms with Gasteiger partial charge in [-0.3, -0.25) is 4.79 Å². The molecule has 0 aliphatic carbocycles. The average molecular weight is 321 g/mol. The first-order valence-electron chi connectivity index (χ1n) is 7.97. The lowest BCUT2D eigenvalue weighted by molar-refractivity contribution is -0.130. The van der Waals surface area contributed by atoms with Gasteiger partial charge in [-0.25, -0.2) is 9.97 Å². The normalized spacial score (nSPS) is 14.3. The molecule has 0 N–H and O–H groups in total. The van der Waals surface area contributed by atoms with Gasteiger partial charge in [-0.05, 0) is 18.1 Å². The van der Waals surface area contributed by atoms with Crippen molar-refractivity contribution in [1.29, 1.82) is 5.26 Å². The molecule has 3 rings (SSSR count). The molecule has 6 nitrogen and oxygen atoms in total. The number of aromatic nitrogens is 2. The van der Waals surface area contributed by atoms with E-state index in [-0.39, 0.29) is 5.91 Å². The van der Waals surface area contributed by atoms with Crippen LogP contribution in [0.1, 0.15) is 16.8 Å². The molecule has 1 amide bonds. The summed E-state index contributed by atoms with van der Waals surface area (Å²) in [6.45, 7) is 4.61. The minimum atomic E-state index is 0.142. The van der Waals surface area contributed by atoms with E-state index in [0.29, 0.717) is 44.1 Å². The smallest absolute Gasteiger partial charge is 0.227 e. The third-order valence-corrected chi connectivity index (χ3v) is 4.32. The van der Waals surface area contributed by atoms with Gasteiger partial charge in [0.15, 0.2) is 11.5 Å². The standard InChI is InChI=1S/C18H19N5O/c1-14-4-2-3-5-15(14)12-17(24)22-8-10-23(11-9-22)18-16(13-19)20-6-7-21-18/h2-7H,8-12H2,1H3. The first kappa shape index (κ1) is 15.9. The van der Waals surface area contributed by atoms with Crippen LogP contribution in [-0.4, -0.2) is 47.0 Å². The van der Waals surface area contributed by atoms with E-state index >= 15 is 0 Å². The quantitative estimate of drug-likeness (QED) is 0.857. The van der Waals surface area contributed by atoms with Gasteiger partial charge in [0.25, 0.3) is 0 Å². The monoisotopic (exact) mass is 321 g/mol. The van der Waals surface area contributed by atoms with Gasteiger partial charge in [0, 0.05) is 38.6 Å². The zero-order valence-corrected chi connectivity index (χ0v) is 13.6. The van der Waals surface area contributed by atoms with Crippen LogP contribution in [0.3, 0.4) is 0 Å². The predicted octanol–water partition coefficient (Wildman–Crippen LogP) is 1.55. The largest absolute Gasteiger partial charge is 0.351 e. The average Bonchev–Trinajstić information content (AvgIpc) is 2.63. The molecular weight excluding hydrogens is 302 g/mol. The van der Waals surface area contributed by atoms with Gasteiger partial charge >= 0.3 is 0 Å². The topological polar surface area (TPSA) is 73.1 Å². The molecule has 0 saturated carbocycles. The third kappa shape index (κ3) is 3.35. The second kappa shape index (κ2) is 7.09. The summed E-state index contributed by atoms with van der Waals surface area (Å²) in [5.41, 5.74) is 2.55. The Morgan fingerprint density at radius 2 is 1.88 bits per heavy atom. The molecule has 1 aliphatic heterocycles. The minimum Gasteiger partial charge on any atom is -0.351 e. The van der Waals surface area contributed by atoms with Crippen LogP contribution in [0, 0.1) is 18.3 Å². The number of amides is 1. The van der Waals surface area contributed by atoms with Crippen molar-refractivity contribution in [3.8, 4) is 6.07 Å². The lowest BCUT2D eigenvalue weighted by Crippen LogP contribution is -2.49. The maximum absolute atomic E-state index is 12.5. The van der Waals surface area contributed by atoms with Crippen molar-refractivity contribution < 1.29 is 4.79 Å². The predicted molar refractivity (Wildman–Crippen MR) is 90.4 cm³/mol. The molecule has 24 heavy (non-hydrogen) atoms. The van der Waals surface area contributed by atoms with Crippen LogP contribution in [0.2, 0.25) is 0 Å². The molecule has 0 bridgehead atoms. The lowest BCUT2D eigenvalue weighted by atomic mass is 10.1. The van der Waals surface area contributed by atoms with Crippen molar-refractivity contribution in [2.45, 2.75) is 13.3 Å². The minimum absolute atomic E-state index is 0.142. The van der Waals surface area contributed by atoms with E-state index in [9.17, 15) is 4.79 Å². The summed E-state index contributed by atoms with van der Waals surface area (Å²) in [6.07, 6.45) is 3.54. The Balaban J connectivity index is 1.62. The van der Waals surface area contributed by atoms with E-state index in [1.54, 1.807) is 6.20 Å². The summed E-state index contributed by atoms with van der Waals surface area (Å²) in [6, 6.07) is 10.0. The van der Waals surface area contributed by atoms with Gasteiger partial charge in [-0.15, -0.1) is 0 Å². The van der Waals surface area contributed by atoms with Crippen LogP contribution < -0.4 is 4.90 Å². The summed E-state index contributed by atoms with van der Waals surface area (Å²) in [5.74, 6) is 0.745. The number of nitrogens with zero attached hydrogens (tertiary/aromatic N) is 5. The first-order chi connectivity index (χ1) is 11.7. The molecule has 6 heteroatoms. The highest BCUT2D eigenvalue weighted by Gasteiger charge is 2.23. The van der Waals surface area contributed by atoms with Crippen molar-refractivity contribution in [3.63, 3.8) is 0 Å². The van der Waals surface area contributed by atoms with Gasteiger partial charge in [-0.2, -0.15) is 5.26 Å². The van der Waals surface area contributed by atoms with Crippen molar-refractivity contribution in [2.24, 2.45) is 0 Å². The summed E-state index contributed by atoms with van der Waals surface area (Å²) in [7, 11) is 0. The molecule has 0 atom stereocenters. The number of anilines is 1. The van der Waals surface area contributed by atoms with Crippen molar-refractivity contribution in [3.05, 3.63) is 53.5 Å². The molecule has 122 valence electrons. The zero-order valence-electron chi connectivity index (χ0n) is 13.6. The molecule has 2 aromatic rings. The summed E-state index contributed by atoms with van der Waals surface area (Å²) in [4.78, 5) is 24.7. The van der Waals surface area contributed by atoms with E-state index in [2.05, 4.69) is 16.0 Å². The number of carbonyl (C=O) groups is 1. The van der Waals surface area contributed by atoms with E-state index < -0.39 is 0 Å². The van der Waals surface area contributed by atoms with Gasteiger partial charge < -0.3 is 9.80 Å². The van der Waals surface area contributed by atoms with E-state index in [0.717, 1.165) is 11.1 Å². The molecule has 1 fully saturated rings. The second-order valence-corrected chi connectivity index (χ2v) is 5.81. The van der Waals surface area contributed by atoms with E-state index in [1.165, 1.54) is 6.20 Å². The van der Waals surface area contributed by atoms with Gasteiger partial charge in [-0.1, -0.05) is 24.3 Å². The SMILES string of the molecule is Cc1ccccc1CC(=O)N1CCN(c2nccnc2C#N)CC1. The number of piperazine rings is 1. The summed E-state index contributed by atoms with van der Waals surface area (Å²) in [5, 5.41) is 9.14. The maximum atomic E-state index is 12.5. The number of hydrogen-bond acceptors (Lipinski definition) is 5. The highest BCUT2D eigenvalue weighted by Crippen LogP contribution is 2.17. The number of benzene rings is 1. The Hall–Kier alpha value is -2.94. The molecule has 2 heterocycles. The van der Waals surface area contributed by atoms with Crippen molar-refractivity contribution in [1.82, 2.24) is 14.9 Å². The third-order valence-electron chi connectivity index (χ3n) is 4.32. The van der Waals surface area contributed by atoms with E-state index in [1.807, 2.05) is 41.0 Å². The fourth-order valence-corrected chi connectivity index (χ4v) is 2.89. The summed E-state index contributed by atoms with van der Waals surface area (Å²) < 4.78 is 0. The molecule has 1 aliphatic rings. The van der Waals surface area contributed by atoms with Crippen LogP contribution >= 0.6 is 0 Å². The Labute approximate surface area is 141 Å². The molecule has 1 aromatic carbocycles. The highest BCUT2D eigenvalue weighted by atomic mass is 16.2.